The van der Waals surface area contributed by atoms with E-state index in [9.17, 15) is 18.0 Å². The summed E-state index contributed by atoms with van der Waals surface area (Å²) in [5, 5.41) is 8.57. The van der Waals surface area contributed by atoms with Gasteiger partial charge in [-0.1, -0.05) is 5.16 Å². The zero-order valence-corrected chi connectivity index (χ0v) is 17.4. The van der Waals surface area contributed by atoms with Crippen molar-refractivity contribution in [2.24, 2.45) is 0 Å². The van der Waals surface area contributed by atoms with Gasteiger partial charge >= 0.3 is 6.18 Å². The maximum absolute atomic E-state index is 12.9. The summed E-state index contributed by atoms with van der Waals surface area (Å²) in [5.74, 6) is 0.632. The smallest absolute Gasteiger partial charge is 0.353 e. The lowest BCUT2D eigenvalue weighted by atomic mass is 10.1. The van der Waals surface area contributed by atoms with Gasteiger partial charge in [0.1, 0.15) is 23.5 Å². The largest absolute Gasteiger partial charge is 0.416 e. The first-order valence-electron chi connectivity index (χ1n) is 9.85. The fourth-order valence-electron chi connectivity index (χ4n) is 3.56. The molecule has 3 N–H and O–H groups in total. The summed E-state index contributed by atoms with van der Waals surface area (Å²) < 4.78 is 44.2. The monoisotopic (exact) mass is 458 g/mol. The molecule has 1 aliphatic heterocycles. The molecule has 0 fully saturated rings. The number of H-pyrrole nitrogens is 1. The molecule has 1 amide bonds. The van der Waals surface area contributed by atoms with Crippen molar-refractivity contribution in [2.45, 2.75) is 25.7 Å². The van der Waals surface area contributed by atoms with Crippen LogP contribution < -0.4 is 10.7 Å². The van der Waals surface area contributed by atoms with E-state index in [1.807, 2.05) is 7.05 Å². The van der Waals surface area contributed by atoms with Crippen LogP contribution in [0.1, 0.15) is 40.3 Å². The fraction of sp³-hybridized carbons (Fsp3) is 0.250. The summed E-state index contributed by atoms with van der Waals surface area (Å²) >= 11 is 0. The molecule has 170 valence electrons. The van der Waals surface area contributed by atoms with E-state index in [1.165, 1.54) is 12.4 Å². The van der Waals surface area contributed by atoms with E-state index in [0.717, 1.165) is 12.1 Å². The van der Waals surface area contributed by atoms with Crippen molar-refractivity contribution in [3.8, 4) is 11.6 Å². The van der Waals surface area contributed by atoms with E-state index < -0.39 is 23.7 Å². The third-order valence-electron chi connectivity index (χ3n) is 5.21. The van der Waals surface area contributed by atoms with Crippen LogP contribution in [-0.4, -0.2) is 43.1 Å². The molecule has 3 aromatic heterocycles. The second kappa shape index (κ2) is 7.55. The molecule has 0 bridgehead atoms. The molecule has 0 radical (unpaired) electrons. The Morgan fingerprint density at radius 1 is 1.27 bits per heavy atom. The van der Waals surface area contributed by atoms with Crippen LogP contribution in [0.15, 0.2) is 35.1 Å². The van der Waals surface area contributed by atoms with E-state index >= 15 is 0 Å². The lowest BCUT2D eigenvalue weighted by molar-refractivity contribution is -0.137. The van der Waals surface area contributed by atoms with Gasteiger partial charge in [-0.05, 0) is 25.1 Å². The normalized spacial score (nSPS) is 14.8. The van der Waals surface area contributed by atoms with E-state index in [-0.39, 0.29) is 22.8 Å². The molecule has 0 spiro atoms. The van der Waals surface area contributed by atoms with Crippen LogP contribution in [0, 0.1) is 0 Å². The molecular formula is C20H17F3N8O2. The number of aromatic amines is 1. The minimum Gasteiger partial charge on any atom is -0.353 e. The second-order valence-corrected chi connectivity index (χ2v) is 7.64. The third kappa shape index (κ3) is 3.86. The Balaban J connectivity index is 1.35. The van der Waals surface area contributed by atoms with Gasteiger partial charge < -0.3 is 20.2 Å². The van der Waals surface area contributed by atoms with Crippen LogP contribution in [-0.2, 0) is 12.7 Å². The molecule has 1 aliphatic rings. The Morgan fingerprint density at radius 3 is 2.88 bits per heavy atom. The molecule has 10 nitrogen and oxygen atoms in total. The van der Waals surface area contributed by atoms with Crippen LogP contribution in [0.3, 0.4) is 0 Å². The van der Waals surface area contributed by atoms with Gasteiger partial charge in [0.2, 0.25) is 5.76 Å². The molecule has 0 unspecified atom stereocenters. The number of carbonyl (C=O) groups excluding carboxylic acids is 1. The van der Waals surface area contributed by atoms with Gasteiger partial charge in [-0.2, -0.15) is 13.2 Å². The molecule has 1 aromatic carbocycles. The Morgan fingerprint density at radius 2 is 2.09 bits per heavy atom. The van der Waals surface area contributed by atoms with Crippen molar-refractivity contribution in [2.75, 3.05) is 12.5 Å². The van der Waals surface area contributed by atoms with Gasteiger partial charge in [0.25, 0.3) is 5.91 Å². The number of rotatable bonds is 4. The van der Waals surface area contributed by atoms with Crippen LogP contribution in [0.4, 0.5) is 19.0 Å². The Bertz CT molecular complexity index is 1360. The predicted molar refractivity (Wildman–Crippen MR) is 110 cm³/mol. The Kier molecular flexibility index (Phi) is 4.78. The van der Waals surface area contributed by atoms with E-state index in [0.29, 0.717) is 29.1 Å². The number of amides is 1. The number of carbonyl (C=O) groups is 1. The molecule has 4 heterocycles. The lowest BCUT2D eigenvalue weighted by Crippen LogP contribution is -2.28. The van der Waals surface area contributed by atoms with Crippen molar-refractivity contribution in [3.05, 3.63) is 53.1 Å². The van der Waals surface area contributed by atoms with Gasteiger partial charge in [-0.3, -0.25) is 4.79 Å². The van der Waals surface area contributed by atoms with Crippen molar-refractivity contribution >= 4 is 22.8 Å². The number of alkyl halides is 3. The van der Waals surface area contributed by atoms with Crippen molar-refractivity contribution in [3.63, 3.8) is 0 Å². The van der Waals surface area contributed by atoms with E-state index in [2.05, 4.69) is 35.8 Å². The fourth-order valence-corrected chi connectivity index (χ4v) is 3.56. The van der Waals surface area contributed by atoms with Crippen LogP contribution in [0.5, 0.6) is 0 Å². The highest BCUT2D eigenvalue weighted by Crippen LogP contribution is 2.32. The maximum Gasteiger partial charge on any atom is 0.416 e. The number of anilines is 1. The van der Waals surface area contributed by atoms with Gasteiger partial charge in [0.05, 0.1) is 22.6 Å². The van der Waals surface area contributed by atoms with E-state index in [4.69, 9.17) is 4.52 Å². The zero-order chi connectivity index (χ0) is 23.3. The van der Waals surface area contributed by atoms with Gasteiger partial charge in [0.15, 0.2) is 5.82 Å². The first-order valence-corrected chi connectivity index (χ1v) is 9.85. The standard InChI is InChI=1S/C20H17F3N8O2/c1-9(26-19(32)16-11-7-31(2)29-17(11)25-8-24-16)13-6-15(33-30-13)18-27-12-4-3-10(20(21,22)23)5-14(12)28-18/h3-6,8-9H,7H2,1-2H3,(H,26,32)(H,27,28)(H,24,25,29)/t9-/m1/s1. The molecule has 13 heteroatoms. The summed E-state index contributed by atoms with van der Waals surface area (Å²) in [4.78, 5) is 28.1. The quantitative estimate of drug-likeness (QED) is 0.426. The van der Waals surface area contributed by atoms with Gasteiger partial charge in [-0.25, -0.2) is 20.0 Å². The average molecular weight is 458 g/mol. The first kappa shape index (κ1) is 20.9. The summed E-state index contributed by atoms with van der Waals surface area (Å²) in [7, 11) is 1.82. The van der Waals surface area contributed by atoms with Gasteiger partial charge in [-0.15, -0.1) is 0 Å². The van der Waals surface area contributed by atoms with Crippen LogP contribution in [0.2, 0.25) is 0 Å². The van der Waals surface area contributed by atoms with Crippen molar-refractivity contribution in [1.29, 1.82) is 0 Å². The number of halogens is 3. The number of nitrogens with zero attached hydrogens (tertiary/aromatic N) is 5. The lowest BCUT2D eigenvalue weighted by Gasteiger charge is -2.11. The Hall–Kier alpha value is -4.00. The minimum absolute atomic E-state index is 0.218. The number of imidazole rings is 1. The molecule has 0 aliphatic carbocycles. The van der Waals surface area contributed by atoms with Crippen LogP contribution in [0.25, 0.3) is 22.6 Å². The highest BCUT2D eigenvalue weighted by atomic mass is 19.4. The highest BCUT2D eigenvalue weighted by molar-refractivity contribution is 5.95. The molecule has 0 saturated heterocycles. The molecule has 4 aromatic rings. The second-order valence-electron chi connectivity index (χ2n) is 7.64. The number of fused-ring (bicyclic) bond motifs is 2. The molecule has 33 heavy (non-hydrogen) atoms. The molecule has 1 atom stereocenters. The van der Waals surface area contributed by atoms with E-state index in [1.54, 1.807) is 18.0 Å². The SMILES string of the molecule is C[C@@H](NC(=O)c1ncnc2c1CN(C)N2)c1cc(-c2nc3ccc(C(F)(F)F)cc3[nH]2)on1. The number of nitrogens with one attached hydrogen (secondary N) is 3. The number of hydrogen-bond donors (Lipinski definition) is 3. The predicted octanol–water partition coefficient (Wildman–Crippen LogP) is 3.29. The zero-order valence-electron chi connectivity index (χ0n) is 17.4. The Labute approximate surface area is 184 Å². The summed E-state index contributed by atoms with van der Waals surface area (Å²) in [6.07, 6.45) is -3.15. The van der Waals surface area contributed by atoms with Crippen molar-refractivity contribution < 1.29 is 22.5 Å². The molecular weight excluding hydrogens is 441 g/mol. The number of aromatic nitrogens is 5. The molecule has 5 rings (SSSR count). The summed E-state index contributed by atoms with van der Waals surface area (Å²) in [6, 6.07) is 4.26. The average Bonchev–Trinajstić information content (AvgIpc) is 3.48. The first-order chi connectivity index (χ1) is 15.7. The topological polar surface area (TPSA) is 125 Å². The minimum atomic E-state index is -4.46. The number of hydrazine groups is 1. The van der Waals surface area contributed by atoms with Crippen LogP contribution >= 0.6 is 0 Å². The molecule has 0 saturated carbocycles. The van der Waals surface area contributed by atoms with Crippen molar-refractivity contribution in [1.82, 2.24) is 35.4 Å². The maximum atomic E-state index is 12.9. The third-order valence-corrected chi connectivity index (χ3v) is 5.21. The van der Waals surface area contributed by atoms with Gasteiger partial charge in [0, 0.05) is 25.2 Å². The highest BCUT2D eigenvalue weighted by Gasteiger charge is 2.31. The summed E-state index contributed by atoms with van der Waals surface area (Å²) in [6.45, 7) is 2.20. The number of hydrogen-bond acceptors (Lipinski definition) is 8. The summed E-state index contributed by atoms with van der Waals surface area (Å²) in [5.41, 5.74) is 4.17. The number of benzene rings is 1.